The summed E-state index contributed by atoms with van der Waals surface area (Å²) < 4.78 is 0. The molecular formula is C11H22NVW-. The van der Waals surface area contributed by atoms with Gasteiger partial charge in [0.1, 0.15) is 0 Å². The fourth-order valence-corrected chi connectivity index (χ4v) is 1.83. The van der Waals surface area contributed by atoms with Crippen LogP contribution in [0, 0.1) is 26.2 Å². The molecule has 0 amide bonds. The molecule has 0 aliphatic heterocycles. The molecule has 0 atom stereocenters. The average molecular weight is 403 g/mol. The molecule has 0 aromatic carbocycles. The molecule has 0 saturated heterocycles. The second-order valence-electron chi connectivity index (χ2n) is 3.72. The maximum Gasteiger partial charge on any atom is 2.00 e. The molecule has 1 nitrogen and oxygen atoms in total. The first kappa shape index (κ1) is 20.6. The van der Waals surface area contributed by atoms with Crippen LogP contribution in [0.4, 0.5) is 0 Å². The summed E-state index contributed by atoms with van der Waals surface area (Å²) in [4.78, 5) is 0. The van der Waals surface area contributed by atoms with E-state index in [-0.39, 0.29) is 47.0 Å². The van der Waals surface area contributed by atoms with Crippen LogP contribution in [-0.2, 0) is 39.6 Å². The summed E-state index contributed by atoms with van der Waals surface area (Å²) in [6.07, 6.45) is 6.78. The first-order valence-corrected chi connectivity index (χ1v) is 4.71. The Kier molecular flexibility index (Phi) is 18.1. The summed E-state index contributed by atoms with van der Waals surface area (Å²) in [5, 5.41) is 4.13. The van der Waals surface area contributed by atoms with Crippen LogP contribution in [0.5, 0.6) is 0 Å². The van der Waals surface area contributed by atoms with E-state index < -0.39 is 0 Å². The van der Waals surface area contributed by atoms with Crippen LogP contribution in [0.3, 0.4) is 0 Å². The van der Waals surface area contributed by atoms with Gasteiger partial charge in [0.15, 0.2) is 0 Å². The zero-order valence-corrected chi connectivity index (χ0v) is 13.7. The minimum absolute atomic E-state index is 0. The molecule has 1 saturated carbocycles. The van der Waals surface area contributed by atoms with Gasteiger partial charge in [-0.1, -0.05) is 32.1 Å². The summed E-state index contributed by atoms with van der Waals surface area (Å²) >= 11 is 0. The van der Waals surface area contributed by atoms with E-state index in [0.29, 0.717) is 0 Å². The zero-order chi connectivity index (χ0) is 8.10. The van der Waals surface area contributed by atoms with Crippen LogP contribution in [0.25, 0.3) is 5.32 Å². The third kappa shape index (κ3) is 8.53. The first-order chi connectivity index (χ1) is 5.33. The van der Waals surface area contributed by atoms with Crippen LogP contribution in [-0.4, -0.2) is 13.6 Å². The molecule has 3 heteroatoms. The van der Waals surface area contributed by atoms with Crippen LogP contribution >= 0.6 is 0 Å². The van der Waals surface area contributed by atoms with E-state index in [2.05, 4.69) is 12.2 Å². The molecule has 1 aliphatic rings. The van der Waals surface area contributed by atoms with Crippen molar-refractivity contribution in [2.75, 3.05) is 13.6 Å². The zero-order valence-electron chi connectivity index (χ0n) is 9.41. The second kappa shape index (κ2) is 12.3. The smallest absolute Gasteiger partial charge is 0.665 e. The maximum absolute atomic E-state index is 4.13. The van der Waals surface area contributed by atoms with Crippen molar-refractivity contribution >= 4 is 0 Å². The molecule has 1 rings (SSSR count). The average Bonchev–Trinajstić information content (AvgIpc) is 2.04. The fraction of sp³-hybridized carbons (Fsp3) is 0.818. The van der Waals surface area contributed by atoms with Crippen molar-refractivity contribution in [3.63, 3.8) is 0 Å². The van der Waals surface area contributed by atoms with Crippen molar-refractivity contribution in [3.8, 4) is 0 Å². The van der Waals surface area contributed by atoms with Crippen molar-refractivity contribution in [2.24, 2.45) is 11.8 Å². The molecule has 1 aliphatic carbocycles. The van der Waals surface area contributed by atoms with E-state index in [4.69, 9.17) is 0 Å². The fourth-order valence-electron chi connectivity index (χ4n) is 1.83. The Balaban J connectivity index is -0.000000403. The molecule has 83 valence electrons. The quantitative estimate of drug-likeness (QED) is 0.642. The van der Waals surface area contributed by atoms with E-state index in [9.17, 15) is 0 Å². The molecular weight excluding hydrogens is 381 g/mol. The Morgan fingerprint density at radius 1 is 1.21 bits per heavy atom. The van der Waals surface area contributed by atoms with Crippen molar-refractivity contribution < 1.29 is 39.6 Å². The van der Waals surface area contributed by atoms with Crippen LogP contribution < -0.4 is 0 Å². The second-order valence-corrected chi connectivity index (χ2v) is 3.72. The van der Waals surface area contributed by atoms with Crippen molar-refractivity contribution in [1.82, 2.24) is 0 Å². The molecule has 14 heavy (non-hydrogen) atoms. The SMILES string of the molecule is [CH2-]C1CCC(CC[N-]C)CC1.[CH3-].[V].[W+2]. The summed E-state index contributed by atoms with van der Waals surface area (Å²) in [5.41, 5.74) is 0. The van der Waals surface area contributed by atoms with E-state index in [1.807, 2.05) is 7.05 Å². The van der Waals surface area contributed by atoms with E-state index in [1.165, 1.54) is 32.1 Å². The Bertz CT molecular complexity index is 101. The largest absolute Gasteiger partial charge is 2.00 e. The monoisotopic (exact) mass is 403 g/mol. The van der Waals surface area contributed by atoms with Crippen LogP contribution in [0.15, 0.2) is 0 Å². The Hall–Kier alpha value is 1.23. The molecule has 0 N–H and O–H groups in total. The van der Waals surface area contributed by atoms with E-state index in [1.54, 1.807) is 0 Å². The van der Waals surface area contributed by atoms with Crippen molar-refractivity contribution in [3.05, 3.63) is 19.7 Å². The van der Waals surface area contributed by atoms with E-state index in [0.717, 1.165) is 18.4 Å². The summed E-state index contributed by atoms with van der Waals surface area (Å²) in [6, 6.07) is 0. The van der Waals surface area contributed by atoms with Crippen LogP contribution in [0.2, 0.25) is 0 Å². The topological polar surface area (TPSA) is 14.1 Å². The molecule has 1 fully saturated rings. The normalized spacial score (nSPS) is 25.3. The van der Waals surface area contributed by atoms with Gasteiger partial charge in [-0.3, -0.25) is 0 Å². The number of rotatable bonds is 3. The molecule has 0 bridgehead atoms. The van der Waals surface area contributed by atoms with E-state index >= 15 is 0 Å². The molecule has 1 radical (unpaired) electrons. The van der Waals surface area contributed by atoms with Gasteiger partial charge in [-0.2, -0.15) is 13.0 Å². The molecule has 0 heterocycles. The minimum atomic E-state index is 0. The molecule has 0 unspecified atom stereocenters. The van der Waals surface area contributed by atoms with Gasteiger partial charge < -0.3 is 19.7 Å². The van der Waals surface area contributed by atoms with Gasteiger partial charge in [0, 0.05) is 18.6 Å². The third-order valence-electron chi connectivity index (χ3n) is 2.73. The van der Waals surface area contributed by atoms with Crippen molar-refractivity contribution in [2.45, 2.75) is 32.1 Å². The van der Waals surface area contributed by atoms with Crippen molar-refractivity contribution in [1.29, 1.82) is 0 Å². The minimum Gasteiger partial charge on any atom is -0.665 e. The van der Waals surface area contributed by atoms with Gasteiger partial charge in [0.25, 0.3) is 0 Å². The van der Waals surface area contributed by atoms with Gasteiger partial charge in [0.2, 0.25) is 0 Å². The number of nitrogens with zero attached hydrogens (tertiary/aromatic N) is 1. The van der Waals surface area contributed by atoms with Gasteiger partial charge in [-0.15, -0.1) is 6.54 Å². The first-order valence-electron chi connectivity index (χ1n) is 4.71. The van der Waals surface area contributed by atoms with Gasteiger partial charge >= 0.3 is 21.1 Å². The molecule has 0 aromatic rings. The molecule has 0 aromatic heterocycles. The Morgan fingerprint density at radius 2 is 1.71 bits per heavy atom. The van der Waals surface area contributed by atoms with Gasteiger partial charge in [-0.05, 0) is 5.92 Å². The predicted molar refractivity (Wildman–Crippen MR) is 56.0 cm³/mol. The molecule has 0 spiro atoms. The third-order valence-corrected chi connectivity index (χ3v) is 2.73. The summed E-state index contributed by atoms with van der Waals surface area (Å²) in [6.45, 7) is 5.15. The van der Waals surface area contributed by atoms with Crippen LogP contribution in [0.1, 0.15) is 32.1 Å². The maximum atomic E-state index is 4.13. The van der Waals surface area contributed by atoms with Gasteiger partial charge in [0.05, 0.1) is 0 Å². The summed E-state index contributed by atoms with van der Waals surface area (Å²) in [7, 11) is 1.91. The summed E-state index contributed by atoms with van der Waals surface area (Å²) in [5.74, 6) is 1.70. The standard InChI is InChI=1S/C10H19N.CH3.V.W/c1-9-3-5-10(6-4-9)7-8-11-2;;;/h9-10H,1,3-8H2,2H3;1H3;;/q-2;-1;;+2. The predicted octanol–water partition coefficient (Wildman–Crippen LogP) is 3.47. The number of hydrogen-bond donors (Lipinski definition) is 0. The Labute approximate surface area is 116 Å². The Morgan fingerprint density at radius 3 is 2.14 bits per heavy atom. The van der Waals surface area contributed by atoms with Gasteiger partial charge in [-0.25, -0.2) is 0 Å². The number of hydrogen-bond acceptors (Lipinski definition) is 0.